The van der Waals surface area contributed by atoms with Crippen LogP contribution < -0.4 is 5.32 Å². The van der Waals surface area contributed by atoms with Crippen molar-refractivity contribution in [3.63, 3.8) is 0 Å². The Morgan fingerprint density at radius 1 is 1.62 bits per heavy atom. The minimum absolute atomic E-state index is 0.0879. The number of thioether (sulfide) groups is 1. The molecule has 2 rings (SSSR count). The van der Waals surface area contributed by atoms with Gasteiger partial charge in [0, 0.05) is 5.25 Å². The van der Waals surface area contributed by atoms with E-state index in [-0.39, 0.29) is 17.1 Å². The van der Waals surface area contributed by atoms with Crippen LogP contribution >= 0.6 is 11.8 Å². The van der Waals surface area contributed by atoms with Gasteiger partial charge in [0.05, 0.1) is 17.9 Å². The summed E-state index contributed by atoms with van der Waals surface area (Å²) in [5.74, 6) is 0.137. The van der Waals surface area contributed by atoms with Crippen LogP contribution in [0.3, 0.4) is 0 Å². The molecule has 0 saturated carbocycles. The van der Waals surface area contributed by atoms with Crippen molar-refractivity contribution in [2.24, 2.45) is 0 Å². The van der Waals surface area contributed by atoms with Crippen molar-refractivity contribution >= 4 is 17.5 Å². The molecule has 0 fully saturated rings. The normalized spacial score (nSPS) is 27.4. The number of hydrogen-bond acceptors (Lipinski definition) is 4. The number of furan rings is 1. The van der Waals surface area contributed by atoms with Crippen molar-refractivity contribution in [3.8, 4) is 0 Å². The van der Waals surface area contributed by atoms with Crippen molar-refractivity contribution < 1.29 is 9.21 Å². The second-order valence-electron chi connectivity index (χ2n) is 3.08. The second-order valence-corrected chi connectivity index (χ2v) is 4.43. The maximum atomic E-state index is 11.8. The van der Waals surface area contributed by atoms with E-state index in [1.807, 2.05) is 14.0 Å². The minimum Gasteiger partial charge on any atom is -0.457 e. The lowest BCUT2D eigenvalue weighted by atomic mass is 10.0. The molecular weight excluding hydrogens is 186 g/mol. The lowest BCUT2D eigenvalue weighted by Crippen LogP contribution is -2.43. The fourth-order valence-electron chi connectivity index (χ4n) is 1.55. The zero-order chi connectivity index (χ0) is 9.42. The average molecular weight is 197 g/mol. The third-order valence-corrected chi connectivity index (χ3v) is 3.43. The van der Waals surface area contributed by atoms with E-state index < -0.39 is 0 Å². The molecule has 0 aromatic carbocycles. The summed E-state index contributed by atoms with van der Waals surface area (Å²) in [6, 6.07) is 1.65. The zero-order valence-electron chi connectivity index (χ0n) is 7.53. The maximum absolute atomic E-state index is 11.8. The van der Waals surface area contributed by atoms with Gasteiger partial charge in [-0.05, 0) is 13.1 Å². The molecule has 0 amide bonds. The molecular formula is C9H11NO2S. The smallest absolute Gasteiger partial charge is 0.185 e. The molecule has 70 valence electrons. The number of Topliss-reactive ketones (excluding diaryl/α,β-unsaturated/α-hetero) is 1. The topological polar surface area (TPSA) is 42.2 Å². The van der Waals surface area contributed by atoms with Crippen LogP contribution in [0.4, 0.5) is 0 Å². The summed E-state index contributed by atoms with van der Waals surface area (Å²) in [5.41, 5.74) is 0.711. The molecule has 2 heterocycles. The molecule has 3 nitrogen and oxygen atoms in total. The van der Waals surface area contributed by atoms with Crippen molar-refractivity contribution in [2.45, 2.75) is 23.3 Å². The van der Waals surface area contributed by atoms with E-state index in [1.54, 1.807) is 24.1 Å². The van der Waals surface area contributed by atoms with E-state index in [9.17, 15) is 4.79 Å². The first-order chi connectivity index (χ1) is 6.24. The van der Waals surface area contributed by atoms with Crippen LogP contribution in [0.2, 0.25) is 0 Å². The number of fused-ring (bicyclic) bond motifs is 1. The summed E-state index contributed by atoms with van der Waals surface area (Å²) < 4.78 is 5.20. The highest BCUT2D eigenvalue weighted by Gasteiger charge is 2.34. The molecule has 0 radical (unpaired) electrons. The van der Waals surface area contributed by atoms with Crippen LogP contribution in [0.25, 0.3) is 0 Å². The highest BCUT2D eigenvalue weighted by atomic mass is 32.2. The van der Waals surface area contributed by atoms with Gasteiger partial charge >= 0.3 is 0 Å². The Balaban J connectivity index is 2.39. The lowest BCUT2D eigenvalue weighted by Gasteiger charge is -2.25. The van der Waals surface area contributed by atoms with Crippen molar-refractivity contribution in [1.82, 2.24) is 5.32 Å². The van der Waals surface area contributed by atoms with Gasteiger partial charge in [-0.3, -0.25) is 4.79 Å². The minimum atomic E-state index is -0.0879. The molecule has 1 aromatic heterocycles. The standard InChI is InChI=1S/C9H11NO2S/c1-5-7(10-2)8(11)6-3-4-12-9(6)13-5/h3-5,7,10H,1-2H3. The number of ketones is 1. The molecule has 1 N–H and O–H groups in total. The molecule has 0 bridgehead atoms. The summed E-state index contributed by atoms with van der Waals surface area (Å²) in [6.07, 6.45) is 1.57. The monoisotopic (exact) mass is 197 g/mol. The van der Waals surface area contributed by atoms with Crippen molar-refractivity contribution in [2.75, 3.05) is 7.05 Å². The number of likely N-dealkylation sites (N-methyl/N-ethyl adjacent to an activating group) is 1. The largest absolute Gasteiger partial charge is 0.457 e. The van der Waals surface area contributed by atoms with Crippen LogP contribution in [0, 0.1) is 0 Å². The Labute approximate surface area is 80.9 Å². The zero-order valence-corrected chi connectivity index (χ0v) is 8.35. The Bertz CT molecular complexity index is 334. The van der Waals surface area contributed by atoms with Gasteiger partial charge in [0.15, 0.2) is 10.9 Å². The van der Waals surface area contributed by atoms with Gasteiger partial charge in [0.1, 0.15) is 0 Å². The van der Waals surface area contributed by atoms with Crippen molar-refractivity contribution in [3.05, 3.63) is 17.9 Å². The van der Waals surface area contributed by atoms with E-state index in [1.165, 1.54) is 0 Å². The molecule has 4 heteroatoms. The van der Waals surface area contributed by atoms with Crippen LogP contribution in [0.1, 0.15) is 17.3 Å². The Morgan fingerprint density at radius 2 is 2.38 bits per heavy atom. The average Bonchev–Trinajstić information content (AvgIpc) is 2.53. The Kier molecular flexibility index (Phi) is 2.17. The summed E-state index contributed by atoms with van der Waals surface area (Å²) in [5, 5.41) is 4.01. The summed E-state index contributed by atoms with van der Waals surface area (Å²) in [6.45, 7) is 2.02. The molecule has 2 atom stereocenters. The van der Waals surface area contributed by atoms with E-state index in [0.29, 0.717) is 5.56 Å². The number of nitrogens with one attached hydrogen (secondary N) is 1. The molecule has 0 saturated heterocycles. The van der Waals surface area contributed by atoms with Crippen molar-refractivity contribution in [1.29, 1.82) is 0 Å². The van der Waals surface area contributed by atoms with Crippen LogP contribution in [-0.4, -0.2) is 24.1 Å². The Hall–Kier alpha value is -0.740. The second kappa shape index (κ2) is 3.20. The third-order valence-electron chi connectivity index (χ3n) is 2.25. The highest BCUT2D eigenvalue weighted by molar-refractivity contribution is 8.00. The van der Waals surface area contributed by atoms with E-state index in [0.717, 1.165) is 5.09 Å². The first-order valence-corrected chi connectivity index (χ1v) is 5.07. The molecule has 1 aromatic rings. The van der Waals surface area contributed by atoms with E-state index in [2.05, 4.69) is 5.32 Å². The number of carbonyl (C=O) groups excluding carboxylic acids is 1. The van der Waals surface area contributed by atoms with Crippen LogP contribution in [0.5, 0.6) is 0 Å². The van der Waals surface area contributed by atoms with Gasteiger partial charge in [0.25, 0.3) is 0 Å². The molecule has 1 aliphatic heterocycles. The third kappa shape index (κ3) is 1.30. The molecule has 1 aliphatic rings. The van der Waals surface area contributed by atoms with Gasteiger partial charge in [0.2, 0.25) is 0 Å². The van der Waals surface area contributed by atoms with Gasteiger partial charge in [-0.1, -0.05) is 18.7 Å². The number of rotatable bonds is 1. The fraction of sp³-hybridized carbons (Fsp3) is 0.444. The maximum Gasteiger partial charge on any atom is 0.185 e. The summed E-state index contributed by atoms with van der Waals surface area (Å²) in [7, 11) is 1.81. The first-order valence-electron chi connectivity index (χ1n) is 4.19. The lowest BCUT2D eigenvalue weighted by molar-refractivity contribution is 0.0938. The molecule has 2 unspecified atom stereocenters. The predicted molar refractivity (Wildman–Crippen MR) is 51.2 cm³/mol. The molecule has 13 heavy (non-hydrogen) atoms. The van der Waals surface area contributed by atoms with Gasteiger partial charge < -0.3 is 9.73 Å². The summed E-state index contributed by atoms with van der Waals surface area (Å²) in [4.78, 5) is 11.8. The number of hydrogen-bond donors (Lipinski definition) is 1. The van der Waals surface area contributed by atoms with Gasteiger partial charge in [-0.25, -0.2) is 0 Å². The molecule has 0 spiro atoms. The van der Waals surface area contributed by atoms with Gasteiger partial charge in [-0.15, -0.1) is 0 Å². The predicted octanol–water partition coefficient (Wildman–Crippen LogP) is 1.54. The quantitative estimate of drug-likeness (QED) is 0.741. The number of carbonyl (C=O) groups is 1. The van der Waals surface area contributed by atoms with Crippen LogP contribution in [-0.2, 0) is 0 Å². The fourth-order valence-corrected chi connectivity index (χ4v) is 2.69. The van der Waals surface area contributed by atoms with Crippen LogP contribution in [0.15, 0.2) is 21.8 Å². The summed E-state index contributed by atoms with van der Waals surface area (Å²) >= 11 is 1.60. The van der Waals surface area contributed by atoms with E-state index in [4.69, 9.17) is 4.42 Å². The van der Waals surface area contributed by atoms with Gasteiger partial charge in [-0.2, -0.15) is 0 Å². The first kappa shape index (κ1) is 8.84. The Morgan fingerprint density at radius 3 is 3.08 bits per heavy atom. The molecule has 0 aliphatic carbocycles. The SMILES string of the molecule is CNC1C(=O)c2ccoc2SC1C. The van der Waals surface area contributed by atoms with E-state index >= 15 is 0 Å². The highest BCUT2D eigenvalue weighted by Crippen LogP contribution is 2.35.